The van der Waals surface area contributed by atoms with Crippen LogP contribution in [0.2, 0.25) is 0 Å². The Labute approximate surface area is 218 Å². The number of aromatic nitrogens is 2. The van der Waals surface area contributed by atoms with Crippen LogP contribution >= 0.6 is 0 Å². The third-order valence-corrected chi connectivity index (χ3v) is 7.73. The number of ether oxygens (including phenoxy) is 1. The molecule has 9 heteroatoms. The normalized spacial score (nSPS) is 19.3. The number of methoxy groups -OCH3 is 1. The number of hydrogen-bond donors (Lipinski definition) is 2. The minimum Gasteiger partial charge on any atom is -0.508 e. The predicted molar refractivity (Wildman–Crippen MR) is 141 cm³/mol. The zero-order valence-corrected chi connectivity index (χ0v) is 20.8. The second kappa shape index (κ2) is 9.39. The summed E-state index contributed by atoms with van der Waals surface area (Å²) in [6.45, 7) is 2.13. The van der Waals surface area contributed by atoms with Crippen molar-refractivity contribution in [3.05, 3.63) is 53.6 Å². The van der Waals surface area contributed by atoms with E-state index in [2.05, 4.69) is 25.7 Å². The molecule has 2 bridgehead atoms. The Morgan fingerprint density at radius 2 is 1.84 bits per heavy atom. The molecule has 0 radical (unpaired) electrons. The van der Waals surface area contributed by atoms with Crippen molar-refractivity contribution >= 4 is 27.5 Å². The van der Waals surface area contributed by atoms with Gasteiger partial charge in [-0.05, 0) is 48.1 Å². The molecule has 0 amide bonds. The van der Waals surface area contributed by atoms with Gasteiger partial charge in [-0.15, -0.1) is 6.42 Å². The van der Waals surface area contributed by atoms with Gasteiger partial charge in [0.25, 0.3) is 0 Å². The molecule has 4 aromatic rings. The average Bonchev–Trinajstić information content (AvgIpc) is 3.14. The third-order valence-electron chi connectivity index (χ3n) is 7.73. The predicted octanol–water partition coefficient (Wildman–Crippen LogP) is 4.07. The summed E-state index contributed by atoms with van der Waals surface area (Å²) in [6.07, 6.45) is 7.67. The molecule has 2 N–H and O–H groups in total. The molecule has 3 heterocycles. The van der Waals surface area contributed by atoms with Gasteiger partial charge < -0.3 is 19.8 Å². The number of aliphatic hydroxyl groups excluding tert-OH is 1. The van der Waals surface area contributed by atoms with E-state index in [9.17, 15) is 14.6 Å². The topological polar surface area (TPSA) is 82.0 Å². The van der Waals surface area contributed by atoms with E-state index in [1.165, 1.54) is 31.4 Å². The second-order valence-corrected chi connectivity index (χ2v) is 9.77. The van der Waals surface area contributed by atoms with Gasteiger partial charge in [-0.2, -0.15) is 9.97 Å². The van der Waals surface area contributed by atoms with Crippen LogP contribution in [0.4, 0.5) is 14.6 Å². The lowest BCUT2D eigenvalue weighted by molar-refractivity contribution is 0.131. The van der Waals surface area contributed by atoms with E-state index >= 15 is 4.39 Å². The zero-order valence-electron chi connectivity index (χ0n) is 20.8. The Bertz CT molecular complexity index is 1610. The van der Waals surface area contributed by atoms with Crippen LogP contribution in [0, 0.1) is 24.0 Å². The number of phenols is 1. The lowest BCUT2D eigenvalue weighted by Gasteiger charge is -2.41. The Morgan fingerprint density at radius 1 is 1.08 bits per heavy atom. The van der Waals surface area contributed by atoms with Gasteiger partial charge in [0, 0.05) is 48.1 Å². The second-order valence-electron chi connectivity index (χ2n) is 9.77. The molecule has 0 spiro atoms. The van der Waals surface area contributed by atoms with Crippen molar-refractivity contribution in [3.63, 3.8) is 0 Å². The molecule has 2 unspecified atom stereocenters. The van der Waals surface area contributed by atoms with Crippen LogP contribution in [-0.2, 0) is 0 Å². The van der Waals surface area contributed by atoms with E-state index < -0.39 is 11.6 Å². The van der Waals surface area contributed by atoms with Crippen LogP contribution in [0.25, 0.3) is 32.8 Å². The standard InChI is InChI=1S/C29H26F2N4O3/c1-3-20-24(30)9-4-16-12-19(37)13-23(25(16)20)21-7-8-22-27(26(21)31)32-29(38-2)33-28(22)34-14-17-5-6-18(15-34)35(17)10-11-36/h1,4,7-9,12-13,17-18,36-37H,5-6,10-11,14-15H2,2H3. The van der Waals surface area contributed by atoms with E-state index in [1.54, 1.807) is 12.1 Å². The van der Waals surface area contributed by atoms with Crippen molar-refractivity contribution in [1.29, 1.82) is 0 Å². The smallest absolute Gasteiger partial charge is 0.318 e. The quantitative estimate of drug-likeness (QED) is 0.387. The molecular formula is C29H26F2N4O3. The van der Waals surface area contributed by atoms with E-state index in [4.69, 9.17) is 11.2 Å². The zero-order chi connectivity index (χ0) is 26.6. The van der Waals surface area contributed by atoms with E-state index in [1.807, 2.05) is 0 Å². The highest BCUT2D eigenvalue weighted by Gasteiger charge is 2.40. The van der Waals surface area contributed by atoms with Gasteiger partial charge in [0.2, 0.25) is 0 Å². The van der Waals surface area contributed by atoms with Crippen LogP contribution in [0.5, 0.6) is 11.8 Å². The number of terminal acetylenes is 1. The molecule has 7 nitrogen and oxygen atoms in total. The van der Waals surface area contributed by atoms with Gasteiger partial charge in [-0.1, -0.05) is 18.1 Å². The number of nitrogens with zero attached hydrogens (tertiary/aromatic N) is 4. The SMILES string of the molecule is C#Cc1c(F)ccc2cc(O)cc(-c3ccc4c(N5CC6CCC(C5)N6CCO)nc(OC)nc4c3F)c12. The lowest BCUT2D eigenvalue weighted by Crippen LogP contribution is -2.54. The monoisotopic (exact) mass is 516 g/mol. The number of benzene rings is 3. The number of phenolic OH excluding ortho intramolecular Hbond substituents is 1. The molecular weight excluding hydrogens is 490 g/mol. The summed E-state index contributed by atoms with van der Waals surface area (Å²) < 4.78 is 36.3. The fraction of sp³-hybridized carbons (Fsp3) is 0.310. The largest absolute Gasteiger partial charge is 0.508 e. The van der Waals surface area contributed by atoms with Gasteiger partial charge in [0.1, 0.15) is 22.9 Å². The van der Waals surface area contributed by atoms with E-state index in [-0.39, 0.29) is 52.7 Å². The van der Waals surface area contributed by atoms with Crippen LogP contribution in [0.3, 0.4) is 0 Å². The highest BCUT2D eigenvalue weighted by atomic mass is 19.1. The number of hydrogen-bond acceptors (Lipinski definition) is 7. The first kappa shape index (κ1) is 24.3. The Hall–Kier alpha value is -4.00. The van der Waals surface area contributed by atoms with Crippen molar-refractivity contribution in [2.45, 2.75) is 24.9 Å². The molecule has 2 aliphatic rings. The maximum Gasteiger partial charge on any atom is 0.318 e. The van der Waals surface area contributed by atoms with E-state index in [0.717, 1.165) is 12.8 Å². The van der Waals surface area contributed by atoms with Crippen molar-refractivity contribution < 1.29 is 23.7 Å². The molecule has 0 aliphatic carbocycles. The van der Waals surface area contributed by atoms with Gasteiger partial charge >= 0.3 is 6.01 Å². The van der Waals surface area contributed by atoms with Crippen LogP contribution < -0.4 is 9.64 Å². The number of rotatable bonds is 5. The summed E-state index contributed by atoms with van der Waals surface area (Å²) in [5, 5.41) is 21.2. The molecule has 194 valence electrons. The van der Waals surface area contributed by atoms with Gasteiger partial charge in [-0.25, -0.2) is 8.78 Å². The van der Waals surface area contributed by atoms with Crippen molar-refractivity contribution in [2.24, 2.45) is 0 Å². The maximum atomic E-state index is 16.3. The Kier molecular flexibility index (Phi) is 6.01. The summed E-state index contributed by atoms with van der Waals surface area (Å²) in [5.41, 5.74) is 0.445. The van der Waals surface area contributed by atoms with Crippen LogP contribution in [-0.4, -0.2) is 70.5 Å². The van der Waals surface area contributed by atoms with Gasteiger partial charge in [-0.3, -0.25) is 4.90 Å². The van der Waals surface area contributed by atoms with Crippen LogP contribution in [0.15, 0.2) is 36.4 Å². The Balaban J connectivity index is 1.53. The number of aromatic hydroxyl groups is 1. The summed E-state index contributed by atoms with van der Waals surface area (Å²) in [6, 6.07) is 9.49. The van der Waals surface area contributed by atoms with Gasteiger partial charge in [0.05, 0.1) is 19.3 Å². The third kappa shape index (κ3) is 3.80. The van der Waals surface area contributed by atoms with Crippen molar-refractivity contribution in [3.8, 4) is 35.2 Å². The summed E-state index contributed by atoms with van der Waals surface area (Å²) in [4.78, 5) is 13.4. The van der Waals surface area contributed by atoms with Crippen molar-refractivity contribution in [1.82, 2.24) is 14.9 Å². The lowest BCUT2D eigenvalue weighted by atomic mass is 9.93. The first-order valence-electron chi connectivity index (χ1n) is 12.5. The number of halogens is 2. The molecule has 38 heavy (non-hydrogen) atoms. The number of anilines is 1. The number of piperazine rings is 1. The molecule has 0 saturated carbocycles. The molecule has 2 saturated heterocycles. The summed E-state index contributed by atoms with van der Waals surface area (Å²) in [5.74, 6) is 1.60. The molecule has 2 atom stereocenters. The first-order valence-corrected chi connectivity index (χ1v) is 12.5. The molecule has 2 aliphatic heterocycles. The fourth-order valence-corrected chi connectivity index (χ4v) is 6.09. The van der Waals surface area contributed by atoms with Crippen molar-refractivity contribution in [2.75, 3.05) is 38.3 Å². The maximum absolute atomic E-state index is 16.3. The summed E-state index contributed by atoms with van der Waals surface area (Å²) >= 11 is 0. The molecule has 1 aromatic heterocycles. The highest BCUT2D eigenvalue weighted by molar-refractivity contribution is 6.04. The minimum atomic E-state index is -0.648. The fourth-order valence-electron chi connectivity index (χ4n) is 6.09. The van der Waals surface area contributed by atoms with Gasteiger partial charge in [0.15, 0.2) is 5.82 Å². The highest BCUT2D eigenvalue weighted by Crippen LogP contribution is 2.41. The molecule has 2 fully saturated rings. The van der Waals surface area contributed by atoms with E-state index in [0.29, 0.717) is 41.6 Å². The number of fused-ring (bicyclic) bond motifs is 4. The molecule has 6 rings (SSSR count). The average molecular weight is 517 g/mol. The minimum absolute atomic E-state index is 0.00539. The summed E-state index contributed by atoms with van der Waals surface area (Å²) in [7, 11) is 1.43. The first-order chi connectivity index (χ1) is 18.4. The number of aliphatic hydroxyl groups is 1. The van der Waals surface area contributed by atoms with Crippen LogP contribution in [0.1, 0.15) is 18.4 Å². The molecule has 3 aromatic carbocycles. The Morgan fingerprint density at radius 3 is 2.53 bits per heavy atom.